The first-order valence-corrected chi connectivity index (χ1v) is 6.96. The van der Waals surface area contributed by atoms with Crippen molar-refractivity contribution >= 4 is 41.1 Å². The summed E-state index contributed by atoms with van der Waals surface area (Å²) in [6, 6.07) is 9.57. The average molecular weight is 335 g/mol. The van der Waals surface area contributed by atoms with E-state index in [4.69, 9.17) is 11.6 Å². The van der Waals surface area contributed by atoms with E-state index in [2.05, 4.69) is 10.6 Å². The van der Waals surface area contributed by atoms with E-state index in [9.17, 15) is 18.8 Å². The Balaban J connectivity index is 1.91. The fourth-order valence-electron chi connectivity index (χ4n) is 1.79. The van der Waals surface area contributed by atoms with Crippen LogP contribution in [-0.4, -0.2) is 18.1 Å². The fraction of sp³-hybridized carbons (Fsp3) is 0.0625. The van der Waals surface area contributed by atoms with Crippen LogP contribution in [0.3, 0.4) is 0 Å². The highest BCUT2D eigenvalue weighted by Crippen LogP contribution is 2.19. The van der Waals surface area contributed by atoms with Crippen LogP contribution in [0.25, 0.3) is 0 Å². The van der Waals surface area contributed by atoms with Crippen LogP contribution in [0, 0.1) is 5.82 Å². The summed E-state index contributed by atoms with van der Waals surface area (Å²) in [5.41, 5.74) is 1.07. The summed E-state index contributed by atoms with van der Waals surface area (Å²) in [5.74, 6) is -1.50. The lowest BCUT2D eigenvalue weighted by molar-refractivity contribution is -0.123. The van der Waals surface area contributed by atoms with Crippen molar-refractivity contribution in [2.75, 3.05) is 10.6 Å². The van der Waals surface area contributed by atoms with Crippen molar-refractivity contribution in [3.05, 3.63) is 58.9 Å². The molecule has 0 aliphatic rings. The van der Waals surface area contributed by atoms with E-state index in [-0.39, 0.29) is 5.02 Å². The third-order valence-electron chi connectivity index (χ3n) is 2.86. The van der Waals surface area contributed by atoms with Crippen LogP contribution >= 0.6 is 11.6 Å². The van der Waals surface area contributed by atoms with Gasteiger partial charge in [0.2, 0.25) is 11.8 Å². The lowest BCUT2D eigenvalue weighted by Crippen LogP contribution is -2.21. The van der Waals surface area contributed by atoms with E-state index in [0.717, 1.165) is 0 Å². The summed E-state index contributed by atoms with van der Waals surface area (Å²) in [6.45, 7) is 0. The quantitative estimate of drug-likeness (QED) is 0.651. The molecule has 0 aromatic heterocycles. The van der Waals surface area contributed by atoms with Gasteiger partial charge in [-0.25, -0.2) is 4.39 Å². The van der Waals surface area contributed by atoms with Crippen LogP contribution in [0.15, 0.2) is 42.5 Å². The maximum atomic E-state index is 12.8. The zero-order valence-corrected chi connectivity index (χ0v) is 12.6. The molecule has 2 amide bonds. The molecule has 2 aromatic rings. The number of aldehydes is 1. The molecule has 0 aliphatic heterocycles. The third kappa shape index (κ3) is 4.89. The number of halogens is 2. The third-order valence-corrected chi connectivity index (χ3v) is 3.19. The molecule has 118 valence electrons. The molecule has 0 heterocycles. The van der Waals surface area contributed by atoms with Gasteiger partial charge in [-0.1, -0.05) is 11.6 Å². The summed E-state index contributed by atoms with van der Waals surface area (Å²) in [6.07, 6.45) is 0.189. The minimum atomic E-state index is -0.542. The normalized spacial score (nSPS) is 10.0. The number of benzene rings is 2. The Bertz CT molecular complexity index is 747. The first-order chi connectivity index (χ1) is 11.0. The van der Waals surface area contributed by atoms with Gasteiger partial charge in [-0.05, 0) is 42.5 Å². The van der Waals surface area contributed by atoms with Gasteiger partial charge in [0.25, 0.3) is 0 Å². The van der Waals surface area contributed by atoms with Crippen LogP contribution in [-0.2, 0) is 9.59 Å². The minimum Gasteiger partial charge on any atom is -0.326 e. The lowest BCUT2D eigenvalue weighted by Gasteiger charge is -2.07. The predicted molar refractivity (Wildman–Crippen MR) is 85.1 cm³/mol. The van der Waals surface area contributed by atoms with Gasteiger partial charge in [0.15, 0.2) is 6.29 Å². The first kappa shape index (κ1) is 16.6. The number of anilines is 2. The average Bonchev–Trinajstić information content (AvgIpc) is 2.49. The van der Waals surface area contributed by atoms with Gasteiger partial charge < -0.3 is 10.6 Å². The molecule has 0 spiro atoms. The number of carbonyl (C=O) groups excluding carboxylic acids is 3. The summed E-state index contributed by atoms with van der Waals surface area (Å²) in [5, 5.41) is 5.18. The summed E-state index contributed by atoms with van der Waals surface area (Å²) < 4.78 is 12.8. The molecule has 0 aliphatic carbocycles. The molecule has 0 unspecified atom stereocenters. The molecule has 5 nitrogen and oxygen atoms in total. The second kappa shape index (κ2) is 7.51. The van der Waals surface area contributed by atoms with Crippen LogP contribution in [0.1, 0.15) is 16.8 Å². The van der Waals surface area contributed by atoms with Crippen molar-refractivity contribution in [2.24, 2.45) is 0 Å². The van der Waals surface area contributed by atoms with E-state index in [1.165, 1.54) is 42.5 Å². The number of hydrogen-bond acceptors (Lipinski definition) is 3. The standard InChI is InChI=1S/C16H12ClFN2O3/c17-14-7-13(4-1-10(14)9-21)20-16(23)8-15(22)19-12-5-2-11(18)3-6-12/h1-7,9H,8H2,(H,19,22)(H,20,23). The Labute approximate surface area is 136 Å². The van der Waals surface area contributed by atoms with Gasteiger partial charge >= 0.3 is 0 Å². The maximum absolute atomic E-state index is 12.8. The maximum Gasteiger partial charge on any atom is 0.233 e. The number of nitrogens with one attached hydrogen (secondary N) is 2. The summed E-state index contributed by atoms with van der Waals surface area (Å²) in [7, 11) is 0. The van der Waals surface area contributed by atoms with E-state index >= 15 is 0 Å². The van der Waals surface area contributed by atoms with Gasteiger partial charge in [0.05, 0.1) is 5.02 Å². The van der Waals surface area contributed by atoms with Crippen molar-refractivity contribution in [3.8, 4) is 0 Å². The van der Waals surface area contributed by atoms with Crippen molar-refractivity contribution in [3.63, 3.8) is 0 Å². The largest absolute Gasteiger partial charge is 0.326 e. The van der Waals surface area contributed by atoms with Crippen LogP contribution in [0.4, 0.5) is 15.8 Å². The predicted octanol–water partition coefficient (Wildman–Crippen LogP) is 3.26. The second-order valence-corrected chi connectivity index (χ2v) is 5.04. The molecular weight excluding hydrogens is 323 g/mol. The molecule has 23 heavy (non-hydrogen) atoms. The highest BCUT2D eigenvalue weighted by atomic mass is 35.5. The fourth-order valence-corrected chi connectivity index (χ4v) is 2.01. The smallest absolute Gasteiger partial charge is 0.233 e. The number of hydrogen-bond donors (Lipinski definition) is 2. The first-order valence-electron chi connectivity index (χ1n) is 6.58. The Morgan fingerprint density at radius 3 is 2.13 bits per heavy atom. The van der Waals surface area contributed by atoms with Crippen LogP contribution < -0.4 is 10.6 Å². The van der Waals surface area contributed by atoms with Gasteiger partial charge in [-0.15, -0.1) is 0 Å². The molecule has 0 fully saturated rings. The number of rotatable bonds is 5. The van der Waals surface area contributed by atoms with Crippen LogP contribution in [0.5, 0.6) is 0 Å². The molecule has 0 atom stereocenters. The van der Waals surface area contributed by atoms with Gasteiger partial charge in [0.1, 0.15) is 12.2 Å². The molecule has 7 heteroatoms. The van der Waals surface area contributed by atoms with Gasteiger partial charge in [-0.3, -0.25) is 14.4 Å². The zero-order valence-electron chi connectivity index (χ0n) is 11.8. The Morgan fingerprint density at radius 1 is 1.00 bits per heavy atom. The van der Waals surface area contributed by atoms with Crippen molar-refractivity contribution in [1.82, 2.24) is 0 Å². The Kier molecular flexibility index (Phi) is 5.43. The highest BCUT2D eigenvalue weighted by molar-refractivity contribution is 6.33. The van der Waals surface area contributed by atoms with Crippen molar-refractivity contribution in [1.29, 1.82) is 0 Å². The van der Waals surface area contributed by atoms with E-state index < -0.39 is 24.1 Å². The molecule has 0 bridgehead atoms. The molecule has 2 aromatic carbocycles. The Morgan fingerprint density at radius 2 is 1.57 bits per heavy atom. The lowest BCUT2D eigenvalue weighted by atomic mass is 10.2. The molecule has 0 radical (unpaired) electrons. The van der Waals surface area contributed by atoms with E-state index in [0.29, 0.717) is 23.2 Å². The Hall–Kier alpha value is -2.73. The number of amides is 2. The topological polar surface area (TPSA) is 75.3 Å². The highest BCUT2D eigenvalue weighted by Gasteiger charge is 2.11. The van der Waals surface area contributed by atoms with E-state index in [1.807, 2.05) is 0 Å². The molecule has 0 saturated carbocycles. The van der Waals surface area contributed by atoms with Crippen molar-refractivity contribution in [2.45, 2.75) is 6.42 Å². The minimum absolute atomic E-state index is 0.202. The van der Waals surface area contributed by atoms with Gasteiger partial charge in [0, 0.05) is 16.9 Å². The van der Waals surface area contributed by atoms with E-state index in [1.54, 1.807) is 0 Å². The SMILES string of the molecule is O=Cc1ccc(NC(=O)CC(=O)Nc2ccc(F)cc2)cc1Cl. The van der Waals surface area contributed by atoms with Crippen LogP contribution in [0.2, 0.25) is 5.02 Å². The summed E-state index contributed by atoms with van der Waals surface area (Å²) in [4.78, 5) is 34.2. The monoisotopic (exact) mass is 334 g/mol. The second-order valence-electron chi connectivity index (χ2n) is 4.63. The molecular formula is C16H12ClFN2O3. The van der Waals surface area contributed by atoms with Crippen molar-refractivity contribution < 1.29 is 18.8 Å². The summed E-state index contributed by atoms with van der Waals surface area (Å²) >= 11 is 5.85. The van der Waals surface area contributed by atoms with Gasteiger partial charge in [-0.2, -0.15) is 0 Å². The molecule has 0 saturated heterocycles. The zero-order chi connectivity index (χ0) is 16.8. The molecule has 2 N–H and O–H groups in total. The number of carbonyl (C=O) groups is 3. The molecule has 2 rings (SSSR count).